The van der Waals surface area contributed by atoms with E-state index >= 15 is 0 Å². The Balaban J connectivity index is 2.73. The average molecular weight is 234 g/mol. The summed E-state index contributed by atoms with van der Waals surface area (Å²) in [5, 5.41) is 3.00. The molecule has 1 aliphatic carbocycles. The first kappa shape index (κ1) is 14.1. The summed E-state index contributed by atoms with van der Waals surface area (Å²) in [5.41, 5.74) is 3.19. The van der Waals surface area contributed by atoms with Crippen molar-refractivity contribution in [2.45, 2.75) is 56.9 Å². The molecule has 0 saturated heterocycles. The van der Waals surface area contributed by atoms with E-state index in [0.29, 0.717) is 0 Å². The SMILES string of the molecule is CC1=C(C)[CH]([Al]([CH2]C(C)C)[CH2]C(C)C)C=C1. The highest BCUT2D eigenvalue weighted by Crippen LogP contribution is 2.37. The van der Waals surface area contributed by atoms with Gasteiger partial charge in [-0.15, -0.1) is 0 Å². The predicted octanol–water partition coefficient (Wildman–Crippen LogP) is 5.07. The highest BCUT2D eigenvalue weighted by atomic mass is 27.2. The fourth-order valence-electron chi connectivity index (χ4n) is 2.90. The molecule has 0 heterocycles. The van der Waals surface area contributed by atoms with Crippen molar-refractivity contribution in [3.05, 3.63) is 23.3 Å². The lowest BCUT2D eigenvalue weighted by atomic mass is 10.2. The molecule has 0 N–H and O–H groups in total. The van der Waals surface area contributed by atoms with Gasteiger partial charge in [0.05, 0.1) is 0 Å². The largest absolute Gasteiger partial charge is 0.277 e. The molecule has 1 unspecified atom stereocenters. The topological polar surface area (TPSA) is 0 Å². The second-order valence-electron chi connectivity index (χ2n) is 6.27. The molecule has 0 spiro atoms. The number of rotatable bonds is 5. The zero-order valence-corrected chi connectivity index (χ0v) is 13.0. The maximum absolute atomic E-state index is 2.49. The van der Waals surface area contributed by atoms with Crippen molar-refractivity contribution in [2.24, 2.45) is 11.8 Å². The molecule has 90 valence electrons. The van der Waals surface area contributed by atoms with Crippen LogP contribution in [0.5, 0.6) is 0 Å². The van der Waals surface area contributed by atoms with Crippen molar-refractivity contribution in [1.82, 2.24) is 0 Å². The maximum Gasteiger partial charge on any atom is 0.277 e. The van der Waals surface area contributed by atoms with Gasteiger partial charge in [-0.2, -0.15) is 0 Å². The first-order valence-corrected chi connectivity index (χ1v) is 9.07. The van der Waals surface area contributed by atoms with Gasteiger partial charge in [-0.05, 0) is 18.6 Å². The third-order valence-electron chi connectivity index (χ3n) is 3.73. The monoisotopic (exact) mass is 234 g/mol. The second kappa shape index (κ2) is 6.08. The van der Waals surface area contributed by atoms with Gasteiger partial charge in [-0.25, -0.2) is 0 Å². The molecule has 1 aliphatic rings. The van der Waals surface area contributed by atoms with Crippen LogP contribution in [0.4, 0.5) is 0 Å². The summed E-state index contributed by atoms with van der Waals surface area (Å²) in [7, 11) is 0. The van der Waals surface area contributed by atoms with E-state index in [9.17, 15) is 0 Å². The Bertz CT molecular complexity index is 274. The molecule has 1 heteroatoms. The molecule has 0 aliphatic heterocycles. The van der Waals surface area contributed by atoms with E-state index in [1.54, 1.807) is 5.57 Å². The lowest BCUT2D eigenvalue weighted by Gasteiger charge is -2.23. The van der Waals surface area contributed by atoms with Crippen LogP contribution in [0.15, 0.2) is 23.3 Å². The Hall–Kier alpha value is 0.0125. The van der Waals surface area contributed by atoms with Gasteiger partial charge in [0.1, 0.15) is 0 Å². The summed E-state index contributed by atoms with van der Waals surface area (Å²) >= 11 is -0.643. The molecule has 0 fully saturated rings. The van der Waals surface area contributed by atoms with E-state index in [-0.39, 0.29) is 0 Å². The molecule has 0 radical (unpaired) electrons. The summed E-state index contributed by atoms with van der Waals surface area (Å²) < 4.78 is 0.852. The number of hydrogen-bond acceptors (Lipinski definition) is 0. The predicted molar refractivity (Wildman–Crippen MR) is 76.3 cm³/mol. The maximum atomic E-state index is 2.49. The van der Waals surface area contributed by atoms with Gasteiger partial charge >= 0.3 is 0 Å². The Morgan fingerprint density at radius 3 is 1.88 bits per heavy atom. The van der Waals surface area contributed by atoms with Crippen LogP contribution in [-0.4, -0.2) is 14.1 Å². The third kappa shape index (κ3) is 3.79. The molecule has 16 heavy (non-hydrogen) atoms. The van der Waals surface area contributed by atoms with Gasteiger partial charge in [-0.3, -0.25) is 0 Å². The van der Waals surface area contributed by atoms with Crippen LogP contribution < -0.4 is 0 Å². The fourth-order valence-corrected chi connectivity index (χ4v) is 7.49. The lowest BCUT2D eigenvalue weighted by Crippen LogP contribution is -2.23. The Labute approximate surface area is 106 Å². The first-order chi connectivity index (χ1) is 7.41. The molecule has 0 amide bonds. The van der Waals surface area contributed by atoms with Gasteiger partial charge in [0, 0.05) is 0 Å². The van der Waals surface area contributed by atoms with E-state index in [4.69, 9.17) is 0 Å². The van der Waals surface area contributed by atoms with Crippen LogP contribution in [0.3, 0.4) is 0 Å². The quantitative estimate of drug-likeness (QED) is 0.583. The third-order valence-corrected chi connectivity index (χ3v) is 8.57. The highest BCUT2D eigenvalue weighted by molar-refractivity contribution is 6.62. The van der Waals surface area contributed by atoms with Crippen LogP contribution >= 0.6 is 0 Å². The summed E-state index contributed by atoms with van der Waals surface area (Å²) in [6.07, 6.45) is 4.84. The second-order valence-corrected chi connectivity index (χ2v) is 9.45. The van der Waals surface area contributed by atoms with Gasteiger partial charge < -0.3 is 0 Å². The van der Waals surface area contributed by atoms with Gasteiger partial charge in [0.15, 0.2) is 0 Å². The molecule has 0 bridgehead atoms. The Morgan fingerprint density at radius 1 is 1.06 bits per heavy atom. The minimum atomic E-state index is -0.643. The van der Waals surface area contributed by atoms with Crippen molar-refractivity contribution in [1.29, 1.82) is 0 Å². The van der Waals surface area contributed by atoms with Crippen molar-refractivity contribution < 1.29 is 0 Å². The summed E-state index contributed by atoms with van der Waals surface area (Å²) in [4.78, 5) is 0. The molecule has 0 saturated carbocycles. The highest BCUT2D eigenvalue weighted by Gasteiger charge is 2.31. The summed E-state index contributed by atoms with van der Waals surface area (Å²) in [5.74, 6) is 1.75. The van der Waals surface area contributed by atoms with Gasteiger partial charge in [-0.1, -0.05) is 73.4 Å². The van der Waals surface area contributed by atoms with Gasteiger partial charge in [0.2, 0.25) is 0 Å². The zero-order valence-electron chi connectivity index (χ0n) is 11.9. The Kier molecular flexibility index (Phi) is 5.35. The van der Waals surface area contributed by atoms with Crippen LogP contribution in [0.25, 0.3) is 0 Å². The van der Waals surface area contributed by atoms with E-state index in [1.807, 2.05) is 0 Å². The zero-order chi connectivity index (χ0) is 12.3. The normalized spacial score (nSPS) is 20.4. The van der Waals surface area contributed by atoms with E-state index < -0.39 is 14.1 Å². The van der Waals surface area contributed by atoms with Crippen molar-refractivity contribution in [2.75, 3.05) is 0 Å². The molecular weight excluding hydrogens is 207 g/mol. The molecular formula is C15H27Al. The minimum absolute atomic E-state index is 0.643. The van der Waals surface area contributed by atoms with Crippen molar-refractivity contribution >= 4 is 14.1 Å². The van der Waals surface area contributed by atoms with Gasteiger partial charge in [0.25, 0.3) is 14.1 Å². The van der Waals surface area contributed by atoms with Crippen LogP contribution in [0.2, 0.25) is 15.3 Å². The van der Waals surface area contributed by atoms with Crippen molar-refractivity contribution in [3.8, 4) is 0 Å². The first-order valence-electron chi connectivity index (χ1n) is 6.77. The molecule has 0 aromatic rings. The minimum Gasteiger partial charge on any atom is -0.0909 e. The fraction of sp³-hybridized carbons (Fsp3) is 0.733. The molecule has 1 rings (SSSR count). The van der Waals surface area contributed by atoms with Crippen LogP contribution in [0, 0.1) is 11.8 Å². The molecule has 0 nitrogen and oxygen atoms in total. The molecule has 0 aromatic heterocycles. The number of allylic oxidation sites excluding steroid dienone is 4. The van der Waals surface area contributed by atoms with E-state index in [0.717, 1.165) is 16.6 Å². The van der Waals surface area contributed by atoms with Crippen LogP contribution in [0.1, 0.15) is 41.5 Å². The Morgan fingerprint density at radius 2 is 1.56 bits per heavy atom. The molecule has 0 aromatic carbocycles. The summed E-state index contributed by atoms with van der Waals surface area (Å²) in [6.45, 7) is 14.1. The summed E-state index contributed by atoms with van der Waals surface area (Å²) in [6, 6.07) is 0. The number of hydrogen-bond donors (Lipinski definition) is 0. The average Bonchev–Trinajstić information content (AvgIpc) is 2.45. The molecule has 1 atom stereocenters. The van der Waals surface area contributed by atoms with E-state index in [2.05, 4.69) is 53.7 Å². The smallest absolute Gasteiger partial charge is 0.0909 e. The van der Waals surface area contributed by atoms with Crippen molar-refractivity contribution in [3.63, 3.8) is 0 Å². The standard InChI is InChI=1S/C7H9.2C4H9.Al/c1-6-4-3-5-7(6)2;2*1-4(2)3;/h3-5H,1-2H3;2*4H,1H2,2-3H3;. The van der Waals surface area contributed by atoms with Crippen LogP contribution in [-0.2, 0) is 0 Å². The van der Waals surface area contributed by atoms with E-state index in [1.165, 1.54) is 16.1 Å². The lowest BCUT2D eigenvalue weighted by molar-refractivity contribution is 0.684.